The molecule has 0 radical (unpaired) electrons. The van der Waals surface area contributed by atoms with E-state index in [4.69, 9.17) is 4.98 Å². The second-order valence-corrected chi connectivity index (χ2v) is 6.85. The molecule has 0 spiro atoms. The number of fused-ring (bicyclic) bond motifs is 1. The maximum Gasteiger partial charge on any atom is 0.158 e. The highest BCUT2D eigenvalue weighted by Crippen LogP contribution is 2.46. The molecule has 2 aromatic heterocycles. The quantitative estimate of drug-likeness (QED) is 0.932. The Labute approximate surface area is 131 Å². The van der Waals surface area contributed by atoms with E-state index in [-0.39, 0.29) is 6.61 Å². The summed E-state index contributed by atoms with van der Waals surface area (Å²) in [5.41, 5.74) is 4.68. The average Bonchev–Trinajstić information content (AvgIpc) is 3.33. The molecule has 1 N–H and O–H groups in total. The molecule has 118 valence electrons. The third-order valence-electron chi connectivity index (χ3n) is 5.40. The van der Waals surface area contributed by atoms with Crippen molar-refractivity contribution in [3.05, 3.63) is 23.0 Å². The molecule has 0 aromatic carbocycles. The zero-order valence-electron chi connectivity index (χ0n) is 13.4. The molecule has 2 heterocycles. The summed E-state index contributed by atoms with van der Waals surface area (Å²) in [6.45, 7) is 3.09. The Bertz CT molecular complexity index is 681. The third-order valence-corrected chi connectivity index (χ3v) is 5.40. The van der Waals surface area contributed by atoms with E-state index >= 15 is 0 Å². The summed E-state index contributed by atoms with van der Waals surface area (Å²) in [7, 11) is 0. The molecule has 22 heavy (non-hydrogen) atoms. The van der Waals surface area contributed by atoms with Crippen LogP contribution in [0, 0.1) is 0 Å². The van der Waals surface area contributed by atoms with Crippen molar-refractivity contribution in [1.82, 2.24) is 14.8 Å². The first-order valence-corrected chi connectivity index (χ1v) is 8.82. The maximum absolute atomic E-state index is 10.1. The van der Waals surface area contributed by atoms with Crippen LogP contribution in [0.15, 0.2) is 6.20 Å². The fraction of sp³-hybridized carbons (Fsp3) is 0.667. The second-order valence-electron chi connectivity index (χ2n) is 6.85. The Morgan fingerprint density at radius 1 is 1.14 bits per heavy atom. The molecule has 2 aromatic rings. The molecule has 0 saturated heterocycles. The van der Waals surface area contributed by atoms with Gasteiger partial charge in [0, 0.05) is 23.4 Å². The second kappa shape index (κ2) is 5.65. The van der Waals surface area contributed by atoms with Crippen LogP contribution in [-0.4, -0.2) is 19.9 Å². The van der Waals surface area contributed by atoms with Gasteiger partial charge in [0.05, 0.1) is 18.5 Å². The van der Waals surface area contributed by atoms with Gasteiger partial charge in [-0.2, -0.15) is 5.10 Å². The van der Waals surface area contributed by atoms with Crippen molar-refractivity contribution >= 4 is 11.0 Å². The third kappa shape index (κ3) is 2.24. The summed E-state index contributed by atoms with van der Waals surface area (Å²) in [6.07, 6.45) is 10.9. The molecular weight excluding hydrogens is 274 g/mol. The van der Waals surface area contributed by atoms with Gasteiger partial charge < -0.3 is 5.11 Å². The first kappa shape index (κ1) is 14.2. The number of aromatic nitrogens is 3. The van der Waals surface area contributed by atoms with Crippen molar-refractivity contribution in [2.45, 2.75) is 76.9 Å². The highest BCUT2D eigenvalue weighted by molar-refractivity contribution is 5.81. The SMILES string of the molecule is CCn1ncc2c(C3CCCCC3)c(CO)c(C3CC3)nc21. The molecular formula is C18H25N3O. The normalized spacial score (nSPS) is 19.9. The first-order valence-electron chi connectivity index (χ1n) is 8.82. The highest BCUT2D eigenvalue weighted by Gasteiger charge is 2.32. The highest BCUT2D eigenvalue weighted by atomic mass is 16.3. The smallest absolute Gasteiger partial charge is 0.158 e. The van der Waals surface area contributed by atoms with E-state index in [0.717, 1.165) is 23.4 Å². The van der Waals surface area contributed by atoms with Crippen LogP contribution >= 0.6 is 0 Å². The van der Waals surface area contributed by atoms with Crippen LogP contribution in [0.2, 0.25) is 0 Å². The monoisotopic (exact) mass is 299 g/mol. The number of aryl methyl sites for hydroxylation is 1. The lowest BCUT2D eigenvalue weighted by Crippen LogP contribution is -2.12. The van der Waals surface area contributed by atoms with Crippen LogP contribution in [-0.2, 0) is 13.2 Å². The van der Waals surface area contributed by atoms with Crippen molar-refractivity contribution in [2.75, 3.05) is 0 Å². The van der Waals surface area contributed by atoms with Gasteiger partial charge in [0.15, 0.2) is 5.65 Å². The van der Waals surface area contributed by atoms with Crippen molar-refractivity contribution in [1.29, 1.82) is 0 Å². The lowest BCUT2D eigenvalue weighted by Gasteiger charge is -2.26. The minimum Gasteiger partial charge on any atom is -0.392 e. The van der Waals surface area contributed by atoms with Gasteiger partial charge in [-0.25, -0.2) is 9.67 Å². The van der Waals surface area contributed by atoms with Gasteiger partial charge >= 0.3 is 0 Å². The zero-order chi connectivity index (χ0) is 15.1. The molecule has 2 saturated carbocycles. The van der Waals surface area contributed by atoms with Gasteiger partial charge in [-0.15, -0.1) is 0 Å². The molecule has 4 rings (SSSR count). The van der Waals surface area contributed by atoms with Crippen molar-refractivity contribution in [2.24, 2.45) is 0 Å². The lowest BCUT2D eigenvalue weighted by atomic mass is 9.80. The molecule has 2 fully saturated rings. The summed E-state index contributed by atoms with van der Waals surface area (Å²) in [5.74, 6) is 1.14. The molecule has 0 bridgehead atoms. The average molecular weight is 299 g/mol. The molecule has 2 aliphatic rings. The van der Waals surface area contributed by atoms with Crippen molar-refractivity contribution in [3.8, 4) is 0 Å². The molecule has 0 unspecified atom stereocenters. The number of rotatable bonds is 4. The number of nitrogens with zero attached hydrogens (tertiary/aromatic N) is 3. The predicted molar refractivity (Wildman–Crippen MR) is 86.9 cm³/mol. The summed E-state index contributed by atoms with van der Waals surface area (Å²) in [4.78, 5) is 4.93. The molecule has 0 atom stereocenters. The molecule has 4 heteroatoms. The minimum absolute atomic E-state index is 0.123. The topological polar surface area (TPSA) is 50.9 Å². The van der Waals surface area contributed by atoms with E-state index in [1.165, 1.54) is 55.9 Å². The maximum atomic E-state index is 10.1. The Hall–Kier alpha value is -1.42. The lowest BCUT2D eigenvalue weighted by molar-refractivity contribution is 0.277. The van der Waals surface area contributed by atoms with Crippen molar-refractivity contribution < 1.29 is 5.11 Å². The number of hydrogen-bond acceptors (Lipinski definition) is 3. The van der Waals surface area contributed by atoms with Gasteiger partial charge in [0.2, 0.25) is 0 Å². The zero-order valence-corrected chi connectivity index (χ0v) is 13.4. The van der Waals surface area contributed by atoms with E-state index in [2.05, 4.69) is 12.0 Å². The van der Waals surface area contributed by atoms with Gasteiger partial charge in [-0.05, 0) is 44.1 Å². The van der Waals surface area contributed by atoms with E-state index in [0.29, 0.717) is 11.8 Å². The van der Waals surface area contributed by atoms with Crippen molar-refractivity contribution in [3.63, 3.8) is 0 Å². The first-order chi connectivity index (χ1) is 10.8. The number of aliphatic hydroxyl groups excluding tert-OH is 1. The van der Waals surface area contributed by atoms with Gasteiger partial charge in [-0.3, -0.25) is 0 Å². The van der Waals surface area contributed by atoms with Crippen LogP contribution in [0.1, 0.15) is 80.5 Å². The summed E-state index contributed by atoms with van der Waals surface area (Å²) < 4.78 is 2.01. The predicted octanol–water partition coefficient (Wildman–Crippen LogP) is 3.87. The number of hydrogen-bond donors (Lipinski definition) is 1. The van der Waals surface area contributed by atoms with E-state index in [1.807, 2.05) is 10.9 Å². The Morgan fingerprint density at radius 2 is 1.91 bits per heavy atom. The fourth-order valence-corrected chi connectivity index (χ4v) is 4.12. The number of aliphatic hydroxyl groups is 1. The van der Waals surface area contributed by atoms with E-state index in [1.54, 1.807) is 0 Å². The summed E-state index contributed by atoms with van der Waals surface area (Å²) in [6, 6.07) is 0. The standard InChI is InChI=1S/C18H25N3O/c1-2-21-18-14(10-19-21)16(12-6-4-3-5-7-12)15(11-22)17(20-18)13-8-9-13/h10,12-13,22H,2-9,11H2,1H3. The van der Waals surface area contributed by atoms with Crippen LogP contribution in [0.4, 0.5) is 0 Å². The van der Waals surface area contributed by atoms with Gasteiger partial charge in [-0.1, -0.05) is 19.3 Å². The Morgan fingerprint density at radius 3 is 2.55 bits per heavy atom. The van der Waals surface area contributed by atoms with Gasteiger partial charge in [0.1, 0.15) is 0 Å². The van der Waals surface area contributed by atoms with Crippen LogP contribution < -0.4 is 0 Å². The molecule has 0 aliphatic heterocycles. The summed E-state index contributed by atoms with van der Waals surface area (Å²) in [5, 5.41) is 15.8. The van der Waals surface area contributed by atoms with E-state index in [9.17, 15) is 5.11 Å². The fourth-order valence-electron chi connectivity index (χ4n) is 4.12. The molecule has 4 nitrogen and oxygen atoms in total. The molecule has 0 amide bonds. The summed E-state index contributed by atoms with van der Waals surface area (Å²) >= 11 is 0. The van der Waals surface area contributed by atoms with Crippen LogP contribution in [0.3, 0.4) is 0 Å². The van der Waals surface area contributed by atoms with Gasteiger partial charge in [0.25, 0.3) is 0 Å². The largest absolute Gasteiger partial charge is 0.392 e. The molecule has 2 aliphatic carbocycles. The Kier molecular flexibility index (Phi) is 3.65. The van der Waals surface area contributed by atoms with Crippen LogP contribution in [0.5, 0.6) is 0 Å². The van der Waals surface area contributed by atoms with Crippen LogP contribution in [0.25, 0.3) is 11.0 Å². The Balaban J connectivity index is 1.95. The number of pyridine rings is 1. The minimum atomic E-state index is 0.123. The van der Waals surface area contributed by atoms with E-state index < -0.39 is 0 Å².